The SMILES string of the molecule is COc1ccc2c(c1)C(O)CC(c1ccccc1F)O2. The standard InChI is InChI=1S/C16H15FO3/c1-19-10-6-7-15-12(8-10)14(18)9-16(20-15)11-4-2-3-5-13(11)17/h2-8,14,16,18H,9H2,1H3. The molecule has 1 aliphatic rings. The number of hydrogen-bond acceptors (Lipinski definition) is 3. The van der Waals surface area contributed by atoms with Crippen molar-refractivity contribution in [1.29, 1.82) is 0 Å². The summed E-state index contributed by atoms with van der Waals surface area (Å²) >= 11 is 0. The van der Waals surface area contributed by atoms with Crippen molar-refractivity contribution in [3.8, 4) is 11.5 Å². The van der Waals surface area contributed by atoms with Gasteiger partial charge in [0.05, 0.1) is 13.2 Å². The third kappa shape index (κ3) is 2.23. The maximum absolute atomic E-state index is 13.8. The molecule has 2 atom stereocenters. The third-order valence-electron chi connectivity index (χ3n) is 3.53. The Morgan fingerprint density at radius 3 is 2.75 bits per heavy atom. The van der Waals surface area contributed by atoms with Gasteiger partial charge < -0.3 is 14.6 Å². The Bertz CT molecular complexity index is 627. The lowest BCUT2D eigenvalue weighted by atomic mass is 9.94. The molecule has 104 valence electrons. The Labute approximate surface area is 116 Å². The van der Waals surface area contributed by atoms with Crippen LogP contribution in [0.5, 0.6) is 11.5 Å². The van der Waals surface area contributed by atoms with Crippen molar-refractivity contribution < 1.29 is 19.0 Å². The number of halogens is 1. The molecule has 2 unspecified atom stereocenters. The van der Waals surface area contributed by atoms with Crippen LogP contribution >= 0.6 is 0 Å². The second kappa shape index (κ2) is 5.13. The Morgan fingerprint density at radius 2 is 2.00 bits per heavy atom. The van der Waals surface area contributed by atoms with Crippen LogP contribution < -0.4 is 9.47 Å². The van der Waals surface area contributed by atoms with Gasteiger partial charge in [0.15, 0.2) is 0 Å². The molecule has 0 radical (unpaired) electrons. The molecule has 0 aliphatic carbocycles. The van der Waals surface area contributed by atoms with Crippen molar-refractivity contribution in [1.82, 2.24) is 0 Å². The Kier molecular flexibility index (Phi) is 3.32. The highest BCUT2D eigenvalue weighted by Gasteiger charge is 2.29. The molecular formula is C16H15FO3. The molecule has 1 heterocycles. The minimum absolute atomic E-state index is 0.318. The van der Waals surface area contributed by atoms with Crippen LogP contribution in [0, 0.1) is 5.82 Å². The first-order valence-corrected chi connectivity index (χ1v) is 6.46. The van der Waals surface area contributed by atoms with E-state index < -0.39 is 12.2 Å². The van der Waals surface area contributed by atoms with Crippen molar-refractivity contribution in [3.63, 3.8) is 0 Å². The fraction of sp³-hybridized carbons (Fsp3) is 0.250. The quantitative estimate of drug-likeness (QED) is 0.912. The van der Waals surface area contributed by atoms with Crippen LogP contribution in [0.2, 0.25) is 0 Å². The number of rotatable bonds is 2. The topological polar surface area (TPSA) is 38.7 Å². The van der Waals surface area contributed by atoms with E-state index in [-0.39, 0.29) is 5.82 Å². The zero-order valence-electron chi connectivity index (χ0n) is 11.0. The second-order valence-electron chi connectivity index (χ2n) is 4.78. The predicted octanol–water partition coefficient (Wildman–Crippen LogP) is 3.39. The van der Waals surface area contributed by atoms with Gasteiger partial charge in [0.1, 0.15) is 23.4 Å². The first-order chi connectivity index (χ1) is 9.69. The number of hydrogen-bond donors (Lipinski definition) is 1. The molecule has 1 N–H and O–H groups in total. The van der Waals surface area contributed by atoms with E-state index in [1.165, 1.54) is 6.07 Å². The van der Waals surface area contributed by atoms with E-state index in [0.717, 1.165) is 0 Å². The number of methoxy groups -OCH3 is 1. The zero-order chi connectivity index (χ0) is 14.1. The van der Waals surface area contributed by atoms with Gasteiger partial charge in [-0.05, 0) is 24.3 Å². The van der Waals surface area contributed by atoms with Crippen LogP contribution in [0.4, 0.5) is 4.39 Å². The van der Waals surface area contributed by atoms with E-state index in [4.69, 9.17) is 9.47 Å². The van der Waals surface area contributed by atoms with Gasteiger partial charge in [-0.2, -0.15) is 0 Å². The summed E-state index contributed by atoms with van der Waals surface area (Å²) in [6.07, 6.45) is -0.855. The first-order valence-electron chi connectivity index (χ1n) is 6.46. The number of benzene rings is 2. The van der Waals surface area contributed by atoms with E-state index >= 15 is 0 Å². The van der Waals surface area contributed by atoms with Crippen molar-refractivity contribution in [2.45, 2.75) is 18.6 Å². The average Bonchev–Trinajstić information content (AvgIpc) is 2.47. The Hall–Kier alpha value is -2.07. The average molecular weight is 274 g/mol. The smallest absolute Gasteiger partial charge is 0.130 e. The molecule has 3 rings (SSSR count). The van der Waals surface area contributed by atoms with Crippen LogP contribution in [-0.2, 0) is 0 Å². The van der Waals surface area contributed by atoms with E-state index in [0.29, 0.717) is 29.0 Å². The number of fused-ring (bicyclic) bond motifs is 1. The van der Waals surface area contributed by atoms with Gasteiger partial charge in [0, 0.05) is 17.5 Å². The van der Waals surface area contributed by atoms with Gasteiger partial charge in [-0.15, -0.1) is 0 Å². The summed E-state index contributed by atoms with van der Waals surface area (Å²) in [7, 11) is 1.57. The van der Waals surface area contributed by atoms with Gasteiger partial charge in [-0.25, -0.2) is 4.39 Å². The molecule has 0 bridgehead atoms. The molecule has 0 spiro atoms. The maximum Gasteiger partial charge on any atom is 0.130 e. The molecule has 0 saturated heterocycles. The first kappa shape index (κ1) is 12.9. The molecule has 0 amide bonds. The second-order valence-corrected chi connectivity index (χ2v) is 4.78. The number of ether oxygens (including phenoxy) is 2. The molecule has 2 aromatic rings. The van der Waals surface area contributed by atoms with Gasteiger partial charge in [-0.3, -0.25) is 0 Å². The van der Waals surface area contributed by atoms with Gasteiger partial charge in [0.2, 0.25) is 0 Å². The number of aliphatic hydroxyl groups excluding tert-OH is 1. The third-order valence-corrected chi connectivity index (χ3v) is 3.53. The maximum atomic E-state index is 13.8. The van der Waals surface area contributed by atoms with Crippen molar-refractivity contribution in [3.05, 3.63) is 59.4 Å². The predicted molar refractivity (Wildman–Crippen MR) is 72.3 cm³/mol. The monoisotopic (exact) mass is 274 g/mol. The molecule has 1 aliphatic heterocycles. The molecule has 3 nitrogen and oxygen atoms in total. The normalized spacial score (nSPS) is 20.9. The number of aliphatic hydroxyl groups is 1. The lowest BCUT2D eigenvalue weighted by Gasteiger charge is -2.30. The minimum atomic E-state index is -0.696. The van der Waals surface area contributed by atoms with Gasteiger partial charge in [-0.1, -0.05) is 18.2 Å². The molecule has 20 heavy (non-hydrogen) atoms. The highest BCUT2D eigenvalue weighted by molar-refractivity contribution is 5.43. The Morgan fingerprint density at radius 1 is 1.20 bits per heavy atom. The summed E-state index contributed by atoms with van der Waals surface area (Å²) < 4.78 is 24.8. The largest absolute Gasteiger partial charge is 0.497 e. The van der Waals surface area contributed by atoms with E-state index in [1.807, 2.05) is 0 Å². The summed E-state index contributed by atoms with van der Waals surface area (Å²) in [5.41, 5.74) is 1.14. The highest BCUT2D eigenvalue weighted by atomic mass is 19.1. The lowest BCUT2D eigenvalue weighted by molar-refractivity contribution is 0.0637. The van der Waals surface area contributed by atoms with Crippen molar-refractivity contribution >= 4 is 0 Å². The van der Waals surface area contributed by atoms with Crippen molar-refractivity contribution in [2.24, 2.45) is 0 Å². The molecule has 0 fully saturated rings. The van der Waals surface area contributed by atoms with E-state index in [1.54, 1.807) is 43.5 Å². The van der Waals surface area contributed by atoms with Crippen LogP contribution in [0.3, 0.4) is 0 Å². The van der Waals surface area contributed by atoms with E-state index in [2.05, 4.69) is 0 Å². The van der Waals surface area contributed by atoms with Gasteiger partial charge >= 0.3 is 0 Å². The lowest BCUT2D eigenvalue weighted by Crippen LogP contribution is -2.20. The van der Waals surface area contributed by atoms with Crippen LogP contribution in [0.15, 0.2) is 42.5 Å². The molecule has 0 saturated carbocycles. The highest BCUT2D eigenvalue weighted by Crippen LogP contribution is 2.42. The molecule has 4 heteroatoms. The summed E-state index contributed by atoms with van der Waals surface area (Å²) in [4.78, 5) is 0. The summed E-state index contributed by atoms with van der Waals surface area (Å²) in [6.45, 7) is 0. The Balaban J connectivity index is 1.95. The molecule has 0 aromatic heterocycles. The molecular weight excluding hydrogens is 259 g/mol. The summed E-state index contributed by atoms with van der Waals surface area (Å²) in [5, 5.41) is 10.2. The minimum Gasteiger partial charge on any atom is -0.497 e. The molecule has 2 aromatic carbocycles. The van der Waals surface area contributed by atoms with E-state index in [9.17, 15) is 9.50 Å². The summed E-state index contributed by atoms with van der Waals surface area (Å²) in [6, 6.07) is 11.7. The summed E-state index contributed by atoms with van der Waals surface area (Å²) in [5.74, 6) is 0.912. The fourth-order valence-corrected chi connectivity index (χ4v) is 2.48. The van der Waals surface area contributed by atoms with Crippen LogP contribution in [0.1, 0.15) is 29.8 Å². The van der Waals surface area contributed by atoms with Crippen molar-refractivity contribution in [2.75, 3.05) is 7.11 Å². The van der Waals surface area contributed by atoms with Crippen LogP contribution in [0.25, 0.3) is 0 Å². The van der Waals surface area contributed by atoms with Crippen LogP contribution in [-0.4, -0.2) is 12.2 Å². The van der Waals surface area contributed by atoms with Gasteiger partial charge in [0.25, 0.3) is 0 Å². The zero-order valence-corrected chi connectivity index (χ0v) is 11.0. The fourth-order valence-electron chi connectivity index (χ4n) is 2.48.